The molecule has 0 radical (unpaired) electrons. The number of nitrogens with one attached hydrogen (secondary N) is 2. The first-order valence-corrected chi connectivity index (χ1v) is 9.00. The van der Waals surface area contributed by atoms with Crippen LogP contribution in [0.25, 0.3) is 0 Å². The minimum atomic E-state index is -0.649. The van der Waals surface area contributed by atoms with Gasteiger partial charge in [-0.3, -0.25) is 19.2 Å². The quantitative estimate of drug-likeness (QED) is 0.781. The number of benzene rings is 1. The van der Waals surface area contributed by atoms with E-state index in [9.17, 15) is 19.2 Å². The lowest BCUT2D eigenvalue weighted by molar-refractivity contribution is -0.120. The van der Waals surface area contributed by atoms with Crippen LogP contribution in [0.15, 0.2) is 45.8 Å². The van der Waals surface area contributed by atoms with Crippen LogP contribution in [0, 0.1) is 0 Å². The Morgan fingerprint density at radius 1 is 1.19 bits per heavy atom. The summed E-state index contributed by atoms with van der Waals surface area (Å²) >= 11 is 1.07. The van der Waals surface area contributed by atoms with Gasteiger partial charge in [0.25, 0.3) is 5.91 Å². The molecular formula is C18H15N3O5S. The fourth-order valence-electron chi connectivity index (χ4n) is 2.39. The molecule has 0 spiro atoms. The number of allylic oxidation sites excluding steroid dienone is 2. The van der Waals surface area contributed by atoms with Crippen LogP contribution in [0.4, 0.5) is 5.69 Å². The van der Waals surface area contributed by atoms with Gasteiger partial charge >= 0.3 is 0 Å². The summed E-state index contributed by atoms with van der Waals surface area (Å²) in [6.07, 6.45) is 1.33. The summed E-state index contributed by atoms with van der Waals surface area (Å²) in [7, 11) is 1.52. The number of amides is 2. The minimum absolute atomic E-state index is 0.147. The number of ketones is 2. The fraction of sp³-hybridized carbons (Fsp3) is 0.167. The minimum Gasteiger partial charge on any atom is -0.359 e. The number of carbonyl (C=O) groups excluding carboxylic acids is 4. The summed E-state index contributed by atoms with van der Waals surface area (Å²) < 4.78 is 4.94. The molecule has 1 aliphatic rings. The molecule has 0 saturated carbocycles. The van der Waals surface area contributed by atoms with Crippen molar-refractivity contribution in [2.45, 2.75) is 6.42 Å². The SMILES string of the molecule is CNC(=O)CCSC1=CC(=O)c2onc(C(=O)Nc3ccccc3)c2C1=O. The molecule has 138 valence electrons. The Morgan fingerprint density at radius 3 is 2.63 bits per heavy atom. The highest BCUT2D eigenvalue weighted by atomic mass is 32.2. The number of nitrogens with zero attached hydrogens (tertiary/aromatic N) is 1. The molecule has 1 aromatic carbocycles. The maximum Gasteiger partial charge on any atom is 0.278 e. The average Bonchev–Trinajstić information content (AvgIpc) is 3.12. The molecule has 1 aliphatic carbocycles. The van der Waals surface area contributed by atoms with Crippen LogP contribution >= 0.6 is 11.8 Å². The second kappa shape index (κ2) is 8.00. The van der Waals surface area contributed by atoms with E-state index in [4.69, 9.17) is 4.52 Å². The van der Waals surface area contributed by atoms with Crippen molar-refractivity contribution in [3.8, 4) is 0 Å². The van der Waals surface area contributed by atoms with Crippen LogP contribution in [0.2, 0.25) is 0 Å². The van der Waals surface area contributed by atoms with Crippen LogP contribution in [0.3, 0.4) is 0 Å². The van der Waals surface area contributed by atoms with E-state index in [1.54, 1.807) is 30.3 Å². The summed E-state index contributed by atoms with van der Waals surface area (Å²) in [5, 5.41) is 8.70. The standard InChI is InChI=1S/C18H15N3O5S/c1-19-13(23)7-8-27-12-9-11(22)17-14(16(12)24)15(21-26-17)18(25)20-10-5-3-2-4-6-10/h2-6,9H,7-8H2,1H3,(H,19,23)(H,20,25). The number of fused-ring (bicyclic) bond motifs is 1. The summed E-state index contributed by atoms with van der Waals surface area (Å²) in [6.45, 7) is 0. The van der Waals surface area contributed by atoms with Crippen LogP contribution in [-0.4, -0.2) is 41.3 Å². The number of para-hydroxylation sites is 1. The van der Waals surface area contributed by atoms with Crippen LogP contribution < -0.4 is 10.6 Å². The number of hydrogen-bond acceptors (Lipinski definition) is 7. The van der Waals surface area contributed by atoms with Crippen LogP contribution in [0.1, 0.15) is 37.8 Å². The topological polar surface area (TPSA) is 118 Å². The Hall–Kier alpha value is -3.20. The van der Waals surface area contributed by atoms with E-state index in [2.05, 4.69) is 15.8 Å². The lowest BCUT2D eigenvalue weighted by Gasteiger charge is -2.11. The largest absolute Gasteiger partial charge is 0.359 e. The number of hydrogen-bond donors (Lipinski definition) is 2. The average molecular weight is 385 g/mol. The lowest BCUT2D eigenvalue weighted by atomic mass is 9.99. The Kier molecular flexibility index (Phi) is 5.51. The molecule has 0 unspecified atom stereocenters. The fourth-order valence-corrected chi connectivity index (χ4v) is 3.33. The van der Waals surface area contributed by atoms with Crippen LogP contribution in [0.5, 0.6) is 0 Å². The monoisotopic (exact) mass is 385 g/mol. The zero-order valence-electron chi connectivity index (χ0n) is 14.3. The lowest BCUT2D eigenvalue weighted by Crippen LogP contribution is -2.21. The molecule has 0 aliphatic heterocycles. The van der Waals surface area contributed by atoms with E-state index < -0.39 is 17.5 Å². The molecule has 1 heterocycles. The van der Waals surface area contributed by atoms with Gasteiger partial charge in [0.1, 0.15) is 5.56 Å². The number of thioether (sulfide) groups is 1. The molecule has 0 saturated heterocycles. The van der Waals surface area contributed by atoms with E-state index >= 15 is 0 Å². The molecule has 3 rings (SSSR count). The molecule has 2 aromatic rings. The second-order valence-electron chi connectivity index (χ2n) is 5.53. The van der Waals surface area contributed by atoms with Crippen molar-refractivity contribution >= 4 is 40.8 Å². The first-order valence-electron chi connectivity index (χ1n) is 8.01. The van der Waals surface area contributed by atoms with Gasteiger partial charge in [0, 0.05) is 31.0 Å². The van der Waals surface area contributed by atoms with Gasteiger partial charge < -0.3 is 15.2 Å². The molecule has 2 amide bonds. The van der Waals surface area contributed by atoms with Crippen molar-refractivity contribution in [1.29, 1.82) is 0 Å². The maximum absolute atomic E-state index is 12.7. The molecule has 1 aromatic heterocycles. The van der Waals surface area contributed by atoms with Gasteiger partial charge in [0.2, 0.25) is 23.2 Å². The van der Waals surface area contributed by atoms with E-state index in [1.165, 1.54) is 7.05 Å². The van der Waals surface area contributed by atoms with Crippen molar-refractivity contribution in [2.24, 2.45) is 0 Å². The molecular weight excluding hydrogens is 370 g/mol. The molecule has 8 nitrogen and oxygen atoms in total. The van der Waals surface area contributed by atoms with Gasteiger partial charge in [0.15, 0.2) is 5.69 Å². The third-order valence-corrected chi connectivity index (χ3v) is 4.76. The van der Waals surface area contributed by atoms with Gasteiger partial charge in [-0.05, 0) is 12.1 Å². The Bertz CT molecular complexity index is 949. The van der Waals surface area contributed by atoms with Crippen molar-refractivity contribution in [2.75, 3.05) is 18.1 Å². The summed E-state index contributed by atoms with van der Waals surface area (Å²) in [5.41, 5.74) is 0.118. The highest BCUT2D eigenvalue weighted by Crippen LogP contribution is 2.31. The highest BCUT2D eigenvalue weighted by molar-refractivity contribution is 8.04. The summed E-state index contributed by atoms with van der Waals surface area (Å²) in [6, 6.07) is 8.64. The predicted octanol–water partition coefficient (Wildman–Crippen LogP) is 2.06. The third kappa shape index (κ3) is 3.98. The number of anilines is 1. The van der Waals surface area contributed by atoms with Crippen LogP contribution in [-0.2, 0) is 4.79 Å². The van der Waals surface area contributed by atoms with Gasteiger partial charge in [-0.2, -0.15) is 0 Å². The molecule has 0 fully saturated rings. The third-order valence-electron chi connectivity index (χ3n) is 3.74. The Balaban J connectivity index is 1.80. The first kappa shape index (κ1) is 18.6. The molecule has 9 heteroatoms. The first-order chi connectivity index (χ1) is 13.0. The van der Waals surface area contributed by atoms with Crippen molar-refractivity contribution in [3.05, 3.63) is 58.3 Å². The molecule has 2 N–H and O–H groups in total. The number of Topliss-reactive ketones (excluding diaryl/α,β-unsaturated/α-hetero) is 1. The smallest absolute Gasteiger partial charge is 0.278 e. The van der Waals surface area contributed by atoms with Gasteiger partial charge in [-0.1, -0.05) is 23.4 Å². The highest BCUT2D eigenvalue weighted by Gasteiger charge is 2.36. The Labute approximate surface area is 158 Å². The summed E-state index contributed by atoms with van der Waals surface area (Å²) in [5.74, 6) is -1.83. The second-order valence-corrected chi connectivity index (χ2v) is 6.67. The normalized spacial score (nSPS) is 13.0. The van der Waals surface area contributed by atoms with Gasteiger partial charge in [-0.25, -0.2) is 0 Å². The van der Waals surface area contributed by atoms with E-state index in [0.29, 0.717) is 11.4 Å². The van der Waals surface area contributed by atoms with E-state index in [-0.39, 0.29) is 34.3 Å². The van der Waals surface area contributed by atoms with E-state index in [0.717, 1.165) is 17.8 Å². The molecule has 0 bridgehead atoms. The van der Waals surface area contributed by atoms with E-state index in [1.807, 2.05) is 0 Å². The molecule has 27 heavy (non-hydrogen) atoms. The zero-order chi connectivity index (χ0) is 19.4. The number of rotatable bonds is 6. The number of aromatic nitrogens is 1. The molecule has 0 atom stereocenters. The van der Waals surface area contributed by atoms with Gasteiger partial charge in [0.05, 0.1) is 4.91 Å². The zero-order valence-corrected chi connectivity index (χ0v) is 15.1. The van der Waals surface area contributed by atoms with Crippen molar-refractivity contribution in [3.63, 3.8) is 0 Å². The van der Waals surface area contributed by atoms with Crippen molar-refractivity contribution in [1.82, 2.24) is 10.5 Å². The Morgan fingerprint density at radius 2 is 1.93 bits per heavy atom. The number of carbonyl (C=O) groups is 4. The van der Waals surface area contributed by atoms with Crippen molar-refractivity contribution < 1.29 is 23.7 Å². The summed E-state index contributed by atoms with van der Waals surface area (Å²) in [4.78, 5) is 48.8. The predicted molar refractivity (Wildman–Crippen MR) is 98.8 cm³/mol. The maximum atomic E-state index is 12.7. The van der Waals surface area contributed by atoms with Gasteiger partial charge in [-0.15, -0.1) is 11.8 Å².